The molecule has 1 N–H and O–H groups in total. The van der Waals surface area contributed by atoms with Gasteiger partial charge in [0.2, 0.25) is 0 Å². The summed E-state index contributed by atoms with van der Waals surface area (Å²) >= 11 is 5.87. The standard InChI is InChI=1S/C16H12ClFN4O/c17-12-4-3-5-13(18)11(12)8-20-21-16(23)9-22-10-19-14-6-1-2-7-15(14)22/h1-8,10H,9H2,(H,21,23)/b20-8-. The number of halogens is 2. The van der Waals surface area contributed by atoms with Gasteiger partial charge in [-0.25, -0.2) is 14.8 Å². The lowest BCUT2D eigenvalue weighted by Gasteiger charge is -2.03. The van der Waals surface area contributed by atoms with Crippen molar-refractivity contribution in [2.24, 2.45) is 5.10 Å². The Morgan fingerprint density at radius 2 is 2.13 bits per heavy atom. The van der Waals surface area contributed by atoms with Crippen LogP contribution in [0, 0.1) is 5.82 Å². The normalized spacial score (nSPS) is 11.2. The number of carbonyl (C=O) groups is 1. The van der Waals surface area contributed by atoms with E-state index in [4.69, 9.17) is 11.6 Å². The maximum Gasteiger partial charge on any atom is 0.260 e. The van der Waals surface area contributed by atoms with E-state index in [1.54, 1.807) is 17.0 Å². The number of benzene rings is 2. The summed E-state index contributed by atoms with van der Waals surface area (Å²) in [5.41, 5.74) is 4.13. The van der Waals surface area contributed by atoms with Crippen molar-refractivity contribution in [3.63, 3.8) is 0 Å². The van der Waals surface area contributed by atoms with E-state index < -0.39 is 5.82 Å². The van der Waals surface area contributed by atoms with Crippen LogP contribution in [0.4, 0.5) is 4.39 Å². The van der Waals surface area contributed by atoms with Crippen molar-refractivity contribution in [3.05, 3.63) is 65.2 Å². The third-order valence-corrected chi connectivity index (χ3v) is 3.55. The van der Waals surface area contributed by atoms with Crippen LogP contribution in [-0.2, 0) is 11.3 Å². The van der Waals surface area contributed by atoms with Crippen LogP contribution < -0.4 is 5.43 Å². The lowest BCUT2D eigenvalue weighted by atomic mass is 10.2. The molecule has 3 aromatic rings. The Labute approximate surface area is 136 Å². The van der Waals surface area contributed by atoms with Crippen molar-refractivity contribution in [2.75, 3.05) is 0 Å². The van der Waals surface area contributed by atoms with Gasteiger partial charge in [0.25, 0.3) is 5.91 Å². The Kier molecular flexibility index (Phi) is 4.34. The predicted molar refractivity (Wildman–Crippen MR) is 86.9 cm³/mol. The van der Waals surface area contributed by atoms with Crippen molar-refractivity contribution in [1.29, 1.82) is 0 Å². The van der Waals surface area contributed by atoms with Crippen LogP contribution in [0.15, 0.2) is 53.9 Å². The van der Waals surface area contributed by atoms with Gasteiger partial charge >= 0.3 is 0 Å². The third-order valence-electron chi connectivity index (χ3n) is 3.22. The number of imidazole rings is 1. The molecule has 0 saturated carbocycles. The van der Waals surface area contributed by atoms with Crippen LogP contribution in [0.25, 0.3) is 11.0 Å². The van der Waals surface area contributed by atoms with E-state index >= 15 is 0 Å². The first-order valence-corrected chi connectivity index (χ1v) is 7.19. The SMILES string of the molecule is O=C(Cn1cnc2ccccc21)N/N=C\c1c(F)cccc1Cl. The number of aromatic nitrogens is 2. The zero-order valence-corrected chi connectivity index (χ0v) is 12.7. The molecular weight excluding hydrogens is 319 g/mol. The summed E-state index contributed by atoms with van der Waals surface area (Å²) in [6.07, 6.45) is 2.77. The molecule has 0 aliphatic heterocycles. The van der Waals surface area contributed by atoms with Gasteiger partial charge in [-0.05, 0) is 24.3 Å². The fourth-order valence-corrected chi connectivity index (χ4v) is 2.34. The van der Waals surface area contributed by atoms with Gasteiger partial charge in [-0.1, -0.05) is 29.8 Å². The second-order valence-corrected chi connectivity index (χ2v) is 5.20. The summed E-state index contributed by atoms with van der Waals surface area (Å²) in [4.78, 5) is 16.1. The molecule has 1 heterocycles. The Morgan fingerprint density at radius 1 is 1.30 bits per heavy atom. The quantitative estimate of drug-likeness (QED) is 0.590. The first-order valence-electron chi connectivity index (χ1n) is 6.81. The van der Waals surface area contributed by atoms with E-state index in [-0.39, 0.29) is 23.0 Å². The van der Waals surface area contributed by atoms with E-state index in [0.29, 0.717) is 0 Å². The number of hydrogen-bond acceptors (Lipinski definition) is 3. The summed E-state index contributed by atoms with van der Waals surface area (Å²) in [5, 5.41) is 3.97. The monoisotopic (exact) mass is 330 g/mol. The highest BCUT2D eigenvalue weighted by molar-refractivity contribution is 6.33. The van der Waals surface area contributed by atoms with Crippen LogP contribution in [0.3, 0.4) is 0 Å². The molecule has 0 atom stereocenters. The molecule has 5 nitrogen and oxygen atoms in total. The number of carbonyl (C=O) groups excluding carboxylic acids is 1. The molecule has 7 heteroatoms. The van der Waals surface area contributed by atoms with Gasteiger partial charge in [0.1, 0.15) is 12.4 Å². The highest BCUT2D eigenvalue weighted by Crippen LogP contribution is 2.16. The molecule has 1 amide bonds. The summed E-state index contributed by atoms with van der Waals surface area (Å²) in [6.45, 7) is 0.0584. The average molecular weight is 331 g/mol. The molecule has 0 radical (unpaired) electrons. The molecule has 0 fully saturated rings. The minimum atomic E-state index is -0.504. The van der Waals surface area contributed by atoms with E-state index in [2.05, 4.69) is 15.5 Å². The van der Waals surface area contributed by atoms with Crippen molar-refractivity contribution in [3.8, 4) is 0 Å². The smallest absolute Gasteiger partial charge is 0.260 e. The van der Waals surface area contributed by atoms with Crippen molar-refractivity contribution in [1.82, 2.24) is 15.0 Å². The molecule has 3 rings (SSSR count). The fourth-order valence-electron chi connectivity index (χ4n) is 2.13. The van der Waals surface area contributed by atoms with Gasteiger partial charge in [0, 0.05) is 5.56 Å². The molecule has 0 bridgehead atoms. The number of fused-ring (bicyclic) bond motifs is 1. The summed E-state index contributed by atoms with van der Waals surface area (Å²) in [7, 11) is 0. The number of rotatable bonds is 4. The number of nitrogens with zero attached hydrogens (tertiary/aromatic N) is 3. The van der Waals surface area contributed by atoms with Crippen molar-refractivity contribution < 1.29 is 9.18 Å². The van der Waals surface area contributed by atoms with Crippen molar-refractivity contribution >= 4 is 34.8 Å². The zero-order chi connectivity index (χ0) is 16.2. The van der Waals surface area contributed by atoms with Gasteiger partial charge in [0.15, 0.2) is 0 Å². The average Bonchev–Trinajstić information content (AvgIpc) is 2.93. The molecule has 2 aromatic carbocycles. The number of hydrogen-bond donors (Lipinski definition) is 1. The minimum absolute atomic E-state index is 0.0584. The number of nitrogens with one attached hydrogen (secondary N) is 1. The summed E-state index contributed by atoms with van der Waals surface area (Å²) in [6, 6.07) is 11.8. The molecular formula is C16H12ClFN4O. The topological polar surface area (TPSA) is 59.3 Å². The van der Waals surface area contributed by atoms with E-state index in [9.17, 15) is 9.18 Å². The minimum Gasteiger partial charge on any atom is -0.321 e. The Bertz CT molecular complexity index is 870. The van der Waals surface area contributed by atoms with E-state index in [1.807, 2.05) is 24.3 Å². The molecule has 23 heavy (non-hydrogen) atoms. The lowest BCUT2D eigenvalue weighted by molar-refractivity contribution is -0.121. The van der Waals surface area contributed by atoms with E-state index in [1.165, 1.54) is 18.3 Å². The second kappa shape index (κ2) is 6.58. The van der Waals surface area contributed by atoms with Crippen molar-refractivity contribution in [2.45, 2.75) is 6.54 Å². The van der Waals surface area contributed by atoms with Gasteiger partial charge < -0.3 is 4.57 Å². The number of para-hydroxylation sites is 2. The highest BCUT2D eigenvalue weighted by Gasteiger charge is 2.07. The molecule has 116 valence electrons. The van der Waals surface area contributed by atoms with Crippen LogP contribution in [-0.4, -0.2) is 21.7 Å². The zero-order valence-electron chi connectivity index (χ0n) is 11.9. The Balaban J connectivity index is 1.67. The van der Waals surface area contributed by atoms with Crippen LogP contribution in [0.1, 0.15) is 5.56 Å². The predicted octanol–water partition coefficient (Wildman–Crippen LogP) is 2.98. The maximum atomic E-state index is 13.6. The van der Waals surface area contributed by atoms with Gasteiger partial charge in [-0.15, -0.1) is 0 Å². The first kappa shape index (κ1) is 15.2. The Morgan fingerprint density at radius 3 is 2.96 bits per heavy atom. The summed E-state index contributed by atoms with van der Waals surface area (Å²) < 4.78 is 15.3. The van der Waals surface area contributed by atoms with Crippen LogP contribution in [0.2, 0.25) is 5.02 Å². The summed E-state index contributed by atoms with van der Waals surface area (Å²) in [5.74, 6) is -0.854. The maximum absolute atomic E-state index is 13.6. The first-order chi connectivity index (χ1) is 11.1. The second-order valence-electron chi connectivity index (χ2n) is 4.79. The number of amides is 1. The third kappa shape index (κ3) is 3.37. The Hall–Kier alpha value is -2.73. The van der Waals surface area contributed by atoms with Crippen LogP contribution in [0.5, 0.6) is 0 Å². The largest absolute Gasteiger partial charge is 0.321 e. The van der Waals surface area contributed by atoms with Gasteiger partial charge in [0.05, 0.1) is 28.6 Å². The lowest BCUT2D eigenvalue weighted by Crippen LogP contribution is -2.22. The molecule has 0 aliphatic rings. The molecule has 0 aliphatic carbocycles. The van der Waals surface area contributed by atoms with Gasteiger partial charge in [-0.3, -0.25) is 4.79 Å². The van der Waals surface area contributed by atoms with Crippen LogP contribution >= 0.6 is 11.6 Å². The highest BCUT2D eigenvalue weighted by atomic mass is 35.5. The van der Waals surface area contributed by atoms with Gasteiger partial charge in [-0.2, -0.15) is 5.10 Å². The molecule has 0 spiro atoms. The number of hydrazone groups is 1. The molecule has 0 unspecified atom stereocenters. The fraction of sp³-hybridized carbons (Fsp3) is 0.0625. The molecule has 0 saturated heterocycles. The molecule has 1 aromatic heterocycles. The van der Waals surface area contributed by atoms with E-state index in [0.717, 1.165) is 11.0 Å².